The molecule has 18 heavy (non-hydrogen) atoms. The number of H-pyrrole nitrogens is 1. The van der Waals surface area contributed by atoms with Gasteiger partial charge in [-0.25, -0.2) is 0 Å². The van der Waals surface area contributed by atoms with Crippen LogP contribution in [0.2, 0.25) is 0 Å². The highest BCUT2D eigenvalue weighted by Gasteiger charge is 2.19. The van der Waals surface area contributed by atoms with Crippen LogP contribution in [0, 0.1) is 0 Å². The second-order valence-corrected chi connectivity index (χ2v) is 3.50. The summed E-state index contributed by atoms with van der Waals surface area (Å²) in [6, 6.07) is 4.35. The minimum atomic E-state index is -0.587. The molecular weight excluding hydrogens is 238 g/mol. The molecule has 0 amide bonds. The van der Waals surface area contributed by atoms with Gasteiger partial charge in [0, 0.05) is 0 Å². The van der Waals surface area contributed by atoms with Crippen LogP contribution in [-0.2, 0) is 0 Å². The number of nitrogens with two attached hydrogens (primary N) is 1. The lowest BCUT2D eigenvalue weighted by atomic mass is 10.0. The maximum absolute atomic E-state index is 11.8. The number of para-hydroxylation sites is 1. The van der Waals surface area contributed by atoms with E-state index in [9.17, 15) is 14.7 Å². The topological polar surface area (TPSA) is 135 Å². The first-order valence-corrected chi connectivity index (χ1v) is 4.97. The highest BCUT2D eigenvalue weighted by Crippen LogP contribution is 2.25. The van der Waals surface area contributed by atoms with Crippen LogP contribution in [0.1, 0.15) is 27.4 Å². The Balaban J connectivity index is 2.18. The number of nitrogens with one attached hydrogen (secondary N) is 1. The molecule has 0 unspecified atom stereocenters. The number of nitrogen functional groups attached to an aromatic ring is 1. The Morgan fingerprint density at radius 3 is 2.78 bits per heavy atom. The van der Waals surface area contributed by atoms with Gasteiger partial charge in [0.1, 0.15) is 5.75 Å². The van der Waals surface area contributed by atoms with Crippen molar-refractivity contribution in [2.75, 3.05) is 5.73 Å². The molecule has 1 heterocycles. The van der Waals surface area contributed by atoms with Crippen LogP contribution in [0.25, 0.3) is 0 Å². The first-order chi connectivity index (χ1) is 8.59. The van der Waals surface area contributed by atoms with Crippen molar-refractivity contribution in [2.24, 2.45) is 0 Å². The number of Topliss-reactive ketones (excluding diaryl/α,β-unsaturated/α-hetero) is 2. The monoisotopic (exact) mass is 247 g/mol. The number of ketones is 2. The molecular formula is C10H9N5O3. The van der Waals surface area contributed by atoms with Crippen LogP contribution in [0.4, 0.5) is 5.69 Å². The number of rotatable bonds is 4. The number of aromatic hydroxyl groups is 1. The molecule has 2 aromatic rings. The summed E-state index contributed by atoms with van der Waals surface area (Å²) >= 11 is 0. The second kappa shape index (κ2) is 4.62. The van der Waals surface area contributed by atoms with Crippen molar-refractivity contribution in [3.05, 3.63) is 29.6 Å². The quantitative estimate of drug-likeness (QED) is 0.298. The largest absolute Gasteiger partial charge is 0.505 e. The Kier molecular flexibility index (Phi) is 3.00. The normalized spacial score (nSPS) is 10.2. The average molecular weight is 247 g/mol. The molecule has 0 saturated heterocycles. The lowest BCUT2D eigenvalue weighted by Crippen LogP contribution is -2.10. The summed E-state index contributed by atoms with van der Waals surface area (Å²) in [5.74, 6) is -1.65. The average Bonchev–Trinajstić information content (AvgIpc) is 2.86. The van der Waals surface area contributed by atoms with Gasteiger partial charge in [0.15, 0.2) is 5.78 Å². The summed E-state index contributed by atoms with van der Waals surface area (Å²) in [6.45, 7) is 0. The zero-order valence-corrected chi connectivity index (χ0v) is 9.12. The Hall–Kier alpha value is -2.77. The van der Waals surface area contributed by atoms with Crippen molar-refractivity contribution in [1.82, 2.24) is 20.6 Å². The fourth-order valence-corrected chi connectivity index (χ4v) is 1.39. The van der Waals surface area contributed by atoms with Gasteiger partial charge in [-0.3, -0.25) is 9.59 Å². The summed E-state index contributed by atoms with van der Waals surface area (Å²) in [5.41, 5.74) is 5.53. The summed E-state index contributed by atoms with van der Waals surface area (Å²) in [4.78, 5) is 23.4. The van der Waals surface area contributed by atoms with Crippen LogP contribution in [0.15, 0.2) is 18.2 Å². The fraction of sp³-hybridized carbons (Fsp3) is 0.100. The summed E-state index contributed by atoms with van der Waals surface area (Å²) < 4.78 is 0. The molecule has 1 aromatic carbocycles. The summed E-state index contributed by atoms with van der Waals surface area (Å²) in [6.07, 6.45) is -0.462. The van der Waals surface area contributed by atoms with Crippen LogP contribution >= 0.6 is 0 Å². The number of phenols is 1. The van der Waals surface area contributed by atoms with E-state index in [1.54, 1.807) is 0 Å². The van der Waals surface area contributed by atoms with E-state index >= 15 is 0 Å². The van der Waals surface area contributed by atoms with Gasteiger partial charge in [-0.1, -0.05) is 6.07 Å². The van der Waals surface area contributed by atoms with E-state index in [1.807, 2.05) is 0 Å². The Bertz CT molecular complexity index is 594. The van der Waals surface area contributed by atoms with Gasteiger partial charge in [-0.2, -0.15) is 5.21 Å². The smallest absolute Gasteiger partial charge is 0.240 e. The fourth-order valence-electron chi connectivity index (χ4n) is 1.39. The molecule has 0 fully saturated rings. The standard InChI is InChI=1S/C10H9N5O3/c11-6-3-1-2-5(9(6)18)7(16)4-8(17)10-12-14-15-13-10/h1-3,18H,4,11H2,(H,12,13,14,15). The van der Waals surface area contributed by atoms with Gasteiger partial charge < -0.3 is 10.8 Å². The molecule has 0 aliphatic carbocycles. The molecule has 0 saturated carbocycles. The number of nitrogens with zero attached hydrogens (tertiary/aromatic N) is 3. The van der Waals surface area contributed by atoms with E-state index in [-0.39, 0.29) is 22.8 Å². The number of aromatic nitrogens is 4. The Morgan fingerprint density at radius 2 is 2.11 bits per heavy atom. The number of hydrogen-bond donors (Lipinski definition) is 3. The Labute approximate surface area is 101 Å². The lowest BCUT2D eigenvalue weighted by molar-refractivity contribution is 0.0887. The molecule has 8 heteroatoms. The molecule has 1 aromatic heterocycles. The number of anilines is 1. The third kappa shape index (κ3) is 2.17. The molecule has 2 rings (SSSR count). The number of phenolic OH excluding ortho intramolecular Hbond substituents is 1. The predicted molar refractivity (Wildman–Crippen MR) is 60.0 cm³/mol. The molecule has 0 aliphatic rings. The first-order valence-electron chi connectivity index (χ1n) is 4.97. The highest BCUT2D eigenvalue weighted by atomic mass is 16.3. The van der Waals surface area contributed by atoms with Crippen molar-refractivity contribution >= 4 is 17.3 Å². The van der Waals surface area contributed by atoms with Crippen LogP contribution in [0.3, 0.4) is 0 Å². The van der Waals surface area contributed by atoms with E-state index in [1.165, 1.54) is 18.2 Å². The Morgan fingerprint density at radius 1 is 1.33 bits per heavy atom. The van der Waals surface area contributed by atoms with E-state index in [4.69, 9.17) is 5.73 Å². The molecule has 8 nitrogen and oxygen atoms in total. The zero-order valence-electron chi connectivity index (χ0n) is 9.12. The molecule has 0 atom stereocenters. The van der Waals surface area contributed by atoms with E-state index in [0.717, 1.165) is 0 Å². The molecule has 0 bridgehead atoms. The molecule has 0 aliphatic heterocycles. The minimum Gasteiger partial charge on any atom is -0.505 e. The zero-order chi connectivity index (χ0) is 13.1. The van der Waals surface area contributed by atoms with Crippen LogP contribution in [0.5, 0.6) is 5.75 Å². The number of carbonyl (C=O) groups excluding carboxylic acids is 2. The van der Waals surface area contributed by atoms with E-state index < -0.39 is 18.0 Å². The number of benzene rings is 1. The number of aromatic amines is 1. The lowest BCUT2D eigenvalue weighted by Gasteiger charge is -2.04. The molecule has 4 N–H and O–H groups in total. The van der Waals surface area contributed by atoms with Gasteiger partial charge in [0.25, 0.3) is 0 Å². The highest BCUT2D eigenvalue weighted by molar-refractivity contribution is 6.13. The van der Waals surface area contributed by atoms with Gasteiger partial charge in [0.2, 0.25) is 11.6 Å². The maximum Gasteiger partial charge on any atom is 0.240 e. The van der Waals surface area contributed by atoms with E-state index in [0.29, 0.717) is 0 Å². The number of tetrazole rings is 1. The molecule has 0 spiro atoms. The van der Waals surface area contributed by atoms with Gasteiger partial charge >= 0.3 is 0 Å². The second-order valence-electron chi connectivity index (χ2n) is 3.50. The third-order valence-corrected chi connectivity index (χ3v) is 2.28. The van der Waals surface area contributed by atoms with Crippen molar-refractivity contribution in [3.8, 4) is 5.75 Å². The number of hydrogen-bond acceptors (Lipinski definition) is 7. The third-order valence-electron chi connectivity index (χ3n) is 2.28. The molecule has 92 valence electrons. The SMILES string of the molecule is Nc1cccc(C(=O)CC(=O)c2nn[nH]n2)c1O. The maximum atomic E-state index is 11.8. The summed E-state index contributed by atoms with van der Waals surface area (Å²) in [5, 5.41) is 21.9. The minimum absolute atomic E-state index is 0.00755. The predicted octanol–water partition coefficient (Wildman–Crippen LogP) is -0.0568. The van der Waals surface area contributed by atoms with Gasteiger partial charge in [-0.05, 0) is 17.3 Å². The summed E-state index contributed by atoms with van der Waals surface area (Å²) in [7, 11) is 0. The van der Waals surface area contributed by atoms with Gasteiger partial charge in [0.05, 0.1) is 17.7 Å². The first kappa shape index (κ1) is 11.7. The van der Waals surface area contributed by atoms with Crippen molar-refractivity contribution < 1.29 is 14.7 Å². The van der Waals surface area contributed by atoms with Crippen molar-refractivity contribution in [3.63, 3.8) is 0 Å². The van der Waals surface area contributed by atoms with Gasteiger partial charge in [-0.15, -0.1) is 10.2 Å². The van der Waals surface area contributed by atoms with Crippen LogP contribution in [-0.4, -0.2) is 37.3 Å². The number of carbonyl (C=O) groups is 2. The van der Waals surface area contributed by atoms with Crippen molar-refractivity contribution in [1.29, 1.82) is 0 Å². The van der Waals surface area contributed by atoms with E-state index in [2.05, 4.69) is 20.6 Å². The van der Waals surface area contributed by atoms with Crippen molar-refractivity contribution in [2.45, 2.75) is 6.42 Å². The molecule has 0 radical (unpaired) electrons. The van der Waals surface area contributed by atoms with Crippen LogP contribution < -0.4 is 5.73 Å².